The van der Waals surface area contributed by atoms with Crippen molar-refractivity contribution in [2.24, 2.45) is 0 Å². The van der Waals surface area contributed by atoms with Gasteiger partial charge in [0.15, 0.2) is 0 Å². The molecule has 0 aromatic heterocycles. The first kappa shape index (κ1) is 34.2. The molecule has 248 valence electrons. The molecule has 0 aliphatic rings. The molecule has 10 aromatic rings. The molecule has 0 saturated carbocycles. The Morgan fingerprint density at radius 2 is 0.712 bits per heavy atom. The van der Waals surface area contributed by atoms with Gasteiger partial charge in [-0.2, -0.15) is 12.1 Å². The summed E-state index contributed by atoms with van der Waals surface area (Å²) in [5.41, 5.74) is 8.14. The van der Waals surface area contributed by atoms with Gasteiger partial charge >= 0.3 is 41.9 Å². The molecule has 0 saturated heterocycles. The first-order valence-electron chi connectivity index (χ1n) is 18.0. The average Bonchev–Trinajstić information content (AvgIpc) is 3.75. The van der Waals surface area contributed by atoms with E-state index in [1.165, 1.54) is 98.0 Å². The summed E-state index contributed by atoms with van der Waals surface area (Å²) < 4.78 is 0. The maximum Gasteiger partial charge on any atom is -0.00995 e. The minimum atomic E-state index is 0.210. The van der Waals surface area contributed by atoms with Crippen LogP contribution in [0.2, 0.25) is 13.1 Å². The van der Waals surface area contributed by atoms with Crippen LogP contribution < -0.4 is 0 Å². The van der Waals surface area contributed by atoms with Crippen LogP contribution in [0.25, 0.3) is 86.9 Å². The second-order valence-electron chi connectivity index (χ2n) is 14.1. The van der Waals surface area contributed by atoms with E-state index in [1.807, 2.05) is 0 Å². The third kappa shape index (κ3) is 6.63. The van der Waals surface area contributed by atoms with E-state index in [-0.39, 0.29) is 5.43 Å². The average molecular weight is 760 g/mol. The number of benzene rings is 8. The third-order valence-corrected chi connectivity index (χ3v) is 9.91. The molecule has 0 heterocycles. The summed E-state index contributed by atoms with van der Waals surface area (Å²) in [5, 5.41) is 15.9. The van der Waals surface area contributed by atoms with Gasteiger partial charge in [0.2, 0.25) is 0 Å². The summed E-state index contributed by atoms with van der Waals surface area (Å²) in [5.74, 6) is 0. The zero-order valence-electron chi connectivity index (χ0n) is 30.2. The van der Waals surface area contributed by atoms with E-state index >= 15 is 0 Å². The molecule has 0 amide bonds. The largest absolute Gasteiger partial charge is 0.165 e. The molecule has 10 rings (SSSR count). The molecule has 10 aromatic carbocycles. The molecule has 0 N–H and O–H groups in total. The van der Waals surface area contributed by atoms with Crippen LogP contribution in [0, 0.1) is 13.8 Å². The zero-order chi connectivity index (χ0) is 35.8. The third-order valence-electron chi connectivity index (χ3n) is 9.91. The normalized spacial score (nSPS) is 11.2. The standard InChI is InChI=1S/2C24H17.C2H6Si.Zr/c2*1-16-13-17-8-6-12-22(23(17)14-16)24-15-18-7-2-3-9-19(18)20-10-4-5-11-21(20)24;1-3-2;/h2*2-15H,1H3;1-2H3;/q2*-1;;+2. The number of fused-ring (bicyclic) bond motifs is 8. The molecule has 0 bridgehead atoms. The van der Waals surface area contributed by atoms with Crippen LogP contribution in [0.4, 0.5) is 0 Å². The maximum atomic E-state index is 2.34. The van der Waals surface area contributed by atoms with Gasteiger partial charge in [-0.05, 0) is 66.3 Å². The summed E-state index contributed by atoms with van der Waals surface area (Å²) in [6.07, 6.45) is 0. The van der Waals surface area contributed by atoms with Crippen LogP contribution in [0.3, 0.4) is 0 Å². The molecular formula is C50H40SiZr. The number of hydrogen-bond acceptors (Lipinski definition) is 0. The molecule has 0 atom stereocenters. The Hall–Kier alpha value is -4.88. The predicted octanol–water partition coefficient (Wildman–Crippen LogP) is 14.5. The van der Waals surface area contributed by atoms with Crippen molar-refractivity contribution >= 4 is 70.1 Å². The summed E-state index contributed by atoms with van der Waals surface area (Å²) in [7, 11) is 0. The van der Waals surface area contributed by atoms with Gasteiger partial charge < -0.3 is 0 Å². The Bertz CT molecular complexity index is 2720. The van der Waals surface area contributed by atoms with E-state index in [9.17, 15) is 0 Å². The molecule has 0 radical (unpaired) electrons. The second-order valence-corrected chi connectivity index (χ2v) is 23.4. The summed E-state index contributed by atoms with van der Waals surface area (Å²) in [4.78, 5) is 0. The van der Waals surface area contributed by atoms with E-state index in [0.717, 1.165) is 0 Å². The van der Waals surface area contributed by atoms with Crippen LogP contribution in [-0.2, 0) is 23.3 Å². The summed E-state index contributed by atoms with van der Waals surface area (Å²) in [6.45, 7) is 8.95. The predicted molar refractivity (Wildman–Crippen MR) is 227 cm³/mol. The van der Waals surface area contributed by atoms with Gasteiger partial charge in [0.25, 0.3) is 0 Å². The van der Waals surface area contributed by atoms with Gasteiger partial charge in [0.1, 0.15) is 0 Å². The quantitative estimate of drug-likeness (QED) is 0.0935. The van der Waals surface area contributed by atoms with Crippen molar-refractivity contribution in [2.75, 3.05) is 0 Å². The minimum absolute atomic E-state index is 0.210. The second kappa shape index (κ2) is 14.6. The van der Waals surface area contributed by atoms with Gasteiger partial charge in [-0.3, -0.25) is 0 Å². The van der Waals surface area contributed by atoms with Gasteiger partial charge in [-0.1, -0.05) is 134 Å². The molecule has 2 heteroatoms. The van der Waals surface area contributed by atoms with E-state index in [2.05, 4.69) is 197 Å². The first-order valence-corrected chi connectivity index (χ1v) is 24.2. The molecule has 0 nitrogen and oxygen atoms in total. The zero-order valence-corrected chi connectivity index (χ0v) is 33.6. The fraction of sp³-hybridized carbons (Fsp3) is 0.0800. The van der Waals surface area contributed by atoms with E-state index < -0.39 is 0 Å². The molecular weight excluding hydrogens is 720 g/mol. The Labute approximate surface area is 321 Å². The van der Waals surface area contributed by atoms with Crippen molar-refractivity contribution in [3.63, 3.8) is 0 Å². The summed E-state index contributed by atoms with van der Waals surface area (Å²) in [6, 6.07) is 61.9. The van der Waals surface area contributed by atoms with Gasteiger partial charge in [-0.25, -0.2) is 0 Å². The van der Waals surface area contributed by atoms with Crippen LogP contribution in [-0.4, -0.2) is 5.43 Å². The molecule has 0 spiro atoms. The van der Waals surface area contributed by atoms with Crippen LogP contribution >= 0.6 is 0 Å². The van der Waals surface area contributed by atoms with Crippen LogP contribution in [0.1, 0.15) is 11.1 Å². The Balaban J connectivity index is 0.000000135. The number of rotatable bonds is 2. The molecule has 0 fully saturated rings. The fourth-order valence-electron chi connectivity index (χ4n) is 7.79. The molecule has 0 unspecified atom stereocenters. The Kier molecular flexibility index (Phi) is 9.63. The smallest absolute Gasteiger partial charge is 0.00995 e. The van der Waals surface area contributed by atoms with Gasteiger partial charge in [0.05, 0.1) is 0 Å². The first-order chi connectivity index (χ1) is 25.4. The fourth-order valence-corrected chi connectivity index (χ4v) is 7.79. The van der Waals surface area contributed by atoms with E-state index in [0.29, 0.717) is 0 Å². The maximum absolute atomic E-state index is 2.34. The van der Waals surface area contributed by atoms with Gasteiger partial charge in [0, 0.05) is 0 Å². The molecule has 0 aliphatic heterocycles. The summed E-state index contributed by atoms with van der Waals surface area (Å²) >= 11 is 1.74. The van der Waals surface area contributed by atoms with Crippen molar-refractivity contribution in [1.29, 1.82) is 0 Å². The monoisotopic (exact) mass is 758 g/mol. The van der Waals surface area contributed by atoms with E-state index in [1.54, 1.807) is 23.3 Å². The van der Waals surface area contributed by atoms with Crippen molar-refractivity contribution < 1.29 is 23.3 Å². The Morgan fingerprint density at radius 3 is 1.12 bits per heavy atom. The van der Waals surface area contributed by atoms with Crippen molar-refractivity contribution in [3.8, 4) is 22.3 Å². The SMILES string of the molecule is C[Si](C)=[Zr+2].Cc1cc2c(-c3cc4ccccc4c4ccccc34)cccc2[cH-]1.Cc1cc2c(-c3cc4ccccc4c4ccccc34)cccc2[cH-]1. The minimum Gasteiger partial charge on any atom is -0.165 e. The van der Waals surface area contributed by atoms with Crippen molar-refractivity contribution in [1.82, 2.24) is 0 Å². The van der Waals surface area contributed by atoms with Crippen molar-refractivity contribution in [3.05, 3.63) is 181 Å². The van der Waals surface area contributed by atoms with Crippen LogP contribution in [0.5, 0.6) is 0 Å². The van der Waals surface area contributed by atoms with E-state index in [4.69, 9.17) is 0 Å². The topological polar surface area (TPSA) is 0 Å². The number of aryl methyl sites for hydroxylation is 2. The van der Waals surface area contributed by atoms with Crippen LogP contribution in [0.15, 0.2) is 170 Å². The number of hydrogen-bond donors (Lipinski definition) is 0. The molecule has 52 heavy (non-hydrogen) atoms. The van der Waals surface area contributed by atoms with Crippen molar-refractivity contribution in [2.45, 2.75) is 26.9 Å². The Morgan fingerprint density at radius 1 is 0.365 bits per heavy atom. The van der Waals surface area contributed by atoms with Gasteiger partial charge in [-0.15, -0.1) is 69.1 Å². The molecule has 0 aliphatic carbocycles.